The smallest absolute Gasteiger partial charge is 0.246 e. The van der Waals surface area contributed by atoms with Crippen LogP contribution in [0.5, 0.6) is 0 Å². The number of ketones is 1. The van der Waals surface area contributed by atoms with Gasteiger partial charge in [0.25, 0.3) is 0 Å². The molecule has 0 bridgehead atoms. The van der Waals surface area contributed by atoms with E-state index in [-0.39, 0.29) is 5.78 Å². The van der Waals surface area contributed by atoms with Crippen molar-refractivity contribution >= 4 is 5.78 Å². The van der Waals surface area contributed by atoms with Crippen LogP contribution in [0.4, 0.5) is 0 Å². The molecule has 1 N–H and O–H groups in total. The minimum Gasteiger partial charge on any atom is -0.342 e. The van der Waals surface area contributed by atoms with Crippen LogP contribution in [-0.4, -0.2) is 25.5 Å². The lowest BCUT2D eigenvalue weighted by Gasteiger charge is -1.96. The molecular weight excluding hydrogens is 168 g/mol. The Hall–Kier alpha value is -1.91. The Labute approximate surface area is 74.4 Å². The number of hydrogen-bond acceptors (Lipinski definition) is 3. The van der Waals surface area contributed by atoms with Gasteiger partial charge in [-0.3, -0.25) is 9.48 Å². The minimum absolute atomic E-state index is 0.148. The molecule has 2 rings (SSSR count). The van der Waals surface area contributed by atoms with Gasteiger partial charge in [0, 0.05) is 25.6 Å². The number of aryl methyl sites for hydroxylation is 1. The lowest BCUT2D eigenvalue weighted by Crippen LogP contribution is -2.09. The molecule has 0 radical (unpaired) electrons. The number of aromatic amines is 1. The summed E-state index contributed by atoms with van der Waals surface area (Å²) in [5.41, 5.74) is 0.523. The number of rotatable bonds is 2. The van der Waals surface area contributed by atoms with Crippen LogP contribution in [0.3, 0.4) is 0 Å². The Bertz CT molecular complexity index is 415. The summed E-state index contributed by atoms with van der Waals surface area (Å²) < 4.78 is 1.52. The highest BCUT2D eigenvalue weighted by Crippen LogP contribution is 2.03. The average Bonchev–Trinajstić information content (AvgIpc) is 2.72. The molecule has 0 amide bonds. The molecule has 0 fully saturated rings. The fourth-order valence-electron chi connectivity index (χ4n) is 1.11. The van der Waals surface area contributed by atoms with Gasteiger partial charge >= 0.3 is 0 Å². The molecule has 0 unspecified atom stereocenters. The van der Waals surface area contributed by atoms with Crippen molar-refractivity contribution in [1.29, 1.82) is 0 Å². The average molecular weight is 176 g/mol. The van der Waals surface area contributed by atoms with Crippen LogP contribution in [-0.2, 0) is 7.05 Å². The molecule has 0 aliphatic carbocycles. The van der Waals surface area contributed by atoms with Gasteiger partial charge in [-0.15, -0.1) is 0 Å². The maximum absolute atomic E-state index is 11.6. The number of imidazole rings is 1. The molecule has 5 nitrogen and oxygen atoms in total. The van der Waals surface area contributed by atoms with Crippen molar-refractivity contribution in [3.05, 3.63) is 36.2 Å². The number of aromatic nitrogens is 4. The predicted molar refractivity (Wildman–Crippen MR) is 45.2 cm³/mol. The zero-order chi connectivity index (χ0) is 9.26. The van der Waals surface area contributed by atoms with Gasteiger partial charge in [0.15, 0.2) is 5.82 Å². The Morgan fingerprint density at radius 3 is 2.92 bits per heavy atom. The van der Waals surface area contributed by atoms with Crippen molar-refractivity contribution in [1.82, 2.24) is 19.7 Å². The summed E-state index contributed by atoms with van der Waals surface area (Å²) in [5.74, 6) is 0.189. The van der Waals surface area contributed by atoms with Crippen LogP contribution < -0.4 is 0 Å². The Kier molecular flexibility index (Phi) is 1.70. The van der Waals surface area contributed by atoms with Crippen LogP contribution in [0.25, 0.3) is 0 Å². The Morgan fingerprint density at radius 2 is 2.38 bits per heavy atom. The first-order valence-electron chi connectivity index (χ1n) is 3.81. The molecule has 2 aromatic heterocycles. The summed E-state index contributed by atoms with van der Waals surface area (Å²) in [4.78, 5) is 18.3. The molecular formula is C8H8N4O. The number of carbonyl (C=O) groups is 1. The number of hydrogen-bond donors (Lipinski definition) is 1. The van der Waals surface area contributed by atoms with Gasteiger partial charge in [0.2, 0.25) is 5.78 Å². The molecule has 0 saturated heterocycles. The van der Waals surface area contributed by atoms with Crippen molar-refractivity contribution in [2.75, 3.05) is 0 Å². The van der Waals surface area contributed by atoms with Crippen molar-refractivity contribution in [3.8, 4) is 0 Å². The number of H-pyrrole nitrogens is 1. The zero-order valence-electron chi connectivity index (χ0n) is 7.06. The molecule has 2 aromatic rings. The van der Waals surface area contributed by atoms with Crippen LogP contribution >= 0.6 is 0 Å². The van der Waals surface area contributed by atoms with Crippen LogP contribution in [0.2, 0.25) is 0 Å². The lowest BCUT2D eigenvalue weighted by atomic mass is 10.3. The first-order chi connectivity index (χ1) is 6.29. The lowest BCUT2D eigenvalue weighted by molar-refractivity contribution is 0.102. The summed E-state index contributed by atoms with van der Waals surface area (Å²) in [5, 5.41) is 3.90. The van der Waals surface area contributed by atoms with Gasteiger partial charge in [0.1, 0.15) is 5.69 Å². The third kappa shape index (κ3) is 1.24. The topological polar surface area (TPSA) is 63.6 Å². The molecule has 0 spiro atoms. The standard InChI is InChI=1S/C8H8N4O/c1-12-6(2-3-11-12)7(13)8-9-4-5-10-8/h2-5H,1H3,(H,9,10). The highest BCUT2D eigenvalue weighted by molar-refractivity contribution is 6.05. The van der Waals surface area contributed by atoms with E-state index in [2.05, 4.69) is 15.1 Å². The van der Waals surface area contributed by atoms with Gasteiger partial charge < -0.3 is 4.98 Å². The Balaban J connectivity index is 2.39. The molecule has 66 valence electrons. The maximum atomic E-state index is 11.6. The van der Waals surface area contributed by atoms with Crippen molar-refractivity contribution in [3.63, 3.8) is 0 Å². The number of nitrogens with zero attached hydrogens (tertiary/aromatic N) is 3. The summed E-state index contributed by atoms with van der Waals surface area (Å²) in [6.45, 7) is 0. The fourth-order valence-corrected chi connectivity index (χ4v) is 1.11. The minimum atomic E-state index is -0.148. The van der Waals surface area contributed by atoms with Gasteiger partial charge in [-0.1, -0.05) is 0 Å². The van der Waals surface area contributed by atoms with Crippen molar-refractivity contribution in [2.24, 2.45) is 7.05 Å². The zero-order valence-corrected chi connectivity index (χ0v) is 7.06. The van der Waals surface area contributed by atoms with E-state index in [9.17, 15) is 4.79 Å². The largest absolute Gasteiger partial charge is 0.342 e. The molecule has 2 heterocycles. The third-order valence-electron chi connectivity index (χ3n) is 1.77. The number of carbonyl (C=O) groups excluding carboxylic acids is 1. The first-order valence-corrected chi connectivity index (χ1v) is 3.81. The second-order valence-electron chi connectivity index (χ2n) is 2.61. The first kappa shape index (κ1) is 7.72. The second-order valence-corrected chi connectivity index (χ2v) is 2.61. The fraction of sp³-hybridized carbons (Fsp3) is 0.125. The molecule has 0 atom stereocenters. The molecule has 13 heavy (non-hydrogen) atoms. The summed E-state index contributed by atoms with van der Waals surface area (Å²) >= 11 is 0. The summed E-state index contributed by atoms with van der Waals surface area (Å²) in [7, 11) is 1.72. The third-order valence-corrected chi connectivity index (χ3v) is 1.77. The molecule has 5 heteroatoms. The van der Waals surface area contributed by atoms with E-state index >= 15 is 0 Å². The second kappa shape index (κ2) is 2.85. The van der Waals surface area contributed by atoms with E-state index in [1.165, 1.54) is 4.68 Å². The van der Waals surface area contributed by atoms with Gasteiger partial charge in [0.05, 0.1) is 0 Å². The van der Waals surface area contributed by atoms with E-state index < -0.39 is 0 Å². The van der Waals surface area contributed by atoms with Crippen molar-refractivity contribution < 1.29 is 4.79 Å². The molecule has 0 aromatic carbocycles. The van der Waals surface area contributed by atoms with E-state index in [1.807, 2.05) is 0 Å². The molecule has 0 saturated carbocycles. The van der Waals surface area contributed by atoms with Crippen LogP contribution in [0.15, 0.2) is 24.7 Å². The van der Waals surface area contributed by atoms with Crippen LogP contribution in [0.1, 0.15) is 16.3 Å². The molecule has 0 aliphatic heterocycles. The highest BCUT2D eigenvalue weighted by Gasteiger charge is 2.13. The van der Waals surface area contributed by atoms with E-state index in [0.717, 1.165) is 0 Å². The van der Waals surface area contributed by atoms with E-state index in [1.54, 1.807) is 31.7 Å². The predicted octanol–water partition coefficient (Wildman–Crippen LogP) is 0.374. The van der Waals surface area contributed by atoms with Gasteiger partial charge in [-0.2, -0.15) is 5.10 Å². The van der Waals surface area contributed by atoms with Crippen molar-refractivity contribution in [2.45, 2.75) is 0 Å². The van der Waals surface area contributed by atoms with Gasteiger partial charge in [-0.25, -0.2) is 4.98 Å². The summed E-state index contributed by atoms with van der Waals surface area (Å²) in [6, 6.07) is 1.66. The monoisotopic (exact) mass is 176 g/mol. The highest BCUT2D eigenvalue weighted by atomic mass is 16.1. The van der Waals surface area contributed by atoms with E-state index in [4.69, 9.17) is 0 Å². The number of nitrogens with one attached hydrogen (secondary N) is 1. The SMILES string of the molecule is Cn1nccc1C(=O)c1ncc[nH]1. The van der Waals surface area contributed by atoms with E-state index in [0.29, 0.717) is 11.5 Å². The normalized spacial score (nSPS) is 10.2. The van der Waals surface area contributed by atoms with Crippen LogP contribution in [0, 0.1) is 0 Å². The maximum Gasteiger partial charge on any atom is 0.246 e. The summed E-state index contributed by atoms with van der Waals surface area (Å²) in [6.07, 6.45) is 4.74. The Morgan fingerprint density at radius 1 is 1.54 bits per heavy atom. The molecule has 0 aliphatic rings. The quantitative estimate of drug-likeness (QED) is 0.672. The van der Waals surface area contributed by atoms with Gasteiger partial charge in [-0.05, 0) is 6.07 Å².